The molecule has 50 heavy (non-hydrogen) atoms. The molecule has 1 aliphatic heterocycles. The lowest BCUT2D eigenvalue weighted by Crippen LogP contribution is -2.58. The molecule has 264 valence electrons. The van der Waals surface area contributed by atoms with Crippen LogP contribution in [0.2, 0.25) is 0 Å². The van der Waals surface area contributed by atoms with E-state index >= 15 is 0 Å². The predicted molar refractivity (Wildman–Crippen MR) is 184 cm³/mol. The van der Waals surface area contributed by atoms with Crippen molar-refractivity contribution in [3.05, 3.63) is 88.3 Å². The highest BCUT2D eigenvalue weighted by Gasteiger charge is 2.34. The van der Waals surface area contributed by atoms with Gasteiger partial charge in [0.25, 0.3) is 11.8 Å². The standard InChI is InChI=1S/C37H44N6O7/c1-23-9-11-25(12-10-23)21-39-34(45)31(22-49-29-8-6-7-26(19-29)18-28(20-38)33(44)42-37(3,4)5)40-36(47)32(27-13-15-48-16-14-27)41-35(46)30-17-24(2)50-43-30/h6-12,17-19,27,31-32H,13-16,21-22H2,1-5H3,(H,39,45)(H,40,47)(H,41,46)(H,42,44)/t31-,32-/m0/s1. The van der Waals surface area contributed by atoms with Crippen molar-refractivity contribution in [2.45, 2.75) is 71.6 Å². The third-order valence-electron chi connectivity index (χ3n) is 7.83. The fourth-order valence-corrected chi connectivity index (χ4v) is 5.19. The van der Waals surface area contributed by atoms with Crippen molar-refractivity contribution in [3.8, 4) is 11.8 Å². The molecule has 0 bridgehead atoms. The van der Waals surface area contributed by atoms with Crippen LogP contribution in [-0.4, -0.2) is 66.2 Å². The van der Waals surface area contributed by atoms with E-state index in [-0.39, 0.29) is 30.3 Å². The van der Waals surface area contributed by atoms with Crippen molar-refractivity contribution < 1.29 is 33.2 Å². The van der Waals surface area contributed by atoms with E-state index in [0.29, 0.717) is 43.1 Å². The van der Waals surface area contributed by atoms with Crippen LogP contribution in [0.5, 0.6) is 5.75 Å². The Kier molecular flexibility index (Phi) is 12.9. The van der Waals surface area contributed by atoms with E-state index in [1.165, 1.54) is 12.1 Å². The molecule has 2 atom stereocenters. The van der Waals surface area contributed by atoms with Crippen LogP contribution in [0.15, 0.2) is 64.7 Å². The molecule has 4 rings (SSSR count). The summed E-state index contributed by atoms with van der Waals surface area (Å²) in [6, 6.07) is 15.6. The van der Waals surface area contributed by atoms with E-state index in [4.69, 9.17) is 14.0 Å². The van der Waals surface area contributed by atoms with Crippen molar-refractivity contribution in [2.75, 3.05) is 19.8 Å². The number of rotatable bonds is 13. The molecule has 0 spiro atoms. The quantitative estimate of drug-likeness (QED) is 0.155. The van der Waals surface area contributed by atoms with E-state index in [1.54, 1.807) is 31.2 Å². The molecule has 2 heterocycles. The van der Waals surface area contributed by atoms with Crippen molar-refractivity contribution >= 4 is 29.7 Å². The van der Waals surface area contributed by atoms with Gasteiger partial charge in [-0.1, -0.05) is 47.1 Å². The van der Waals surface area contributed by atoms with E-state index in [0.717, 1.165) is 11.1 Å². The number of benzene rings is 2. The molecule has 4 N–H and O–H groups in total. The number of nitrogens with one attached hydrogen (secondary N) is 4. The number of ether oxygens (including phenoxy) is 2. The van der Waals surface area contributed by atoms with Crippen LogP contribution in [0.25, 0.3) is 6.08 Å². The first kappa shape index (κ1) is 37.3. The van der Waals surface area contributed by atoms with Crippen LogP contribution < -0.4 is 26.0 Å². The third kappa shape index (κ3) is 11.3. The van der Waals surface area contributed by atoms with Gasteiger partial charge in [-0.15, -0.1) is 0 Å². The Morgan fingerprint density at radius 1 is 1.02 bits per heavy atom. The lowest BCUT2D eigenvalue weighted by molar-refractivity contribution is -0.132. The number of hydrogen-bond acceptors (Lipinski definition) is 9. The summed E-state index contributed by atoms with van der Waals surface area (Å²) in [5.41, 5.74) is 1.90. The van der Waals surface area contributed by atoms with Gasteiger partial charge in [0, 0.05) is 31.4 Å². The molecule has 1 fully saturated rings. The van der Waals surface area contributed by atoms with Crippen molar-refractivity contribution in [1.82, 2.24) is 26.4 Å². The second-order valence-corrected chi connectivity index (χ2v) is 13.2. The summed E-state index contributed by atoms with van der Waals surface area (Å²) in [4.78, 5) is 53.2. The van der Waals surface area contributed by atoms with Gasteiger partial charge >= 0.3 is 0 Å². The fourth-order valence-electron chi connectivity index (χ4n) is 5.19. The number of nitriles is 1. The lowest BCUT2D eigenvalue weighted by Gasteiger charge is -2.31. The molecule has 0 aliphatic carbocycles. The number of carbonyl (C=O) groups excluding carboxylic acids is 4. The molecular weight excluding hydrogens is 640 g/mol. The normalized spacial score (nSPS) is 14.8. The number of amides is 4. The molecule has 2 aromatic carbocycles. The smallest absolute Gasteiger partial charge is 0.274 e. The average Bonchev–Trinajstić information content (AvgIpc) is 3.53. The second kappa shape index (κ2) is 17.3. The second-order valence-electron chi connectivity index (χ2n) is 13.2. The first-order chi connectivity index (χ1) is 23.8. The molecule has 1 aliphatic rings. The summed E-state index contributed by atoms with van der Waals surface area (Å²) in [7, 11) is 0. The SMILES string of the molecule is Cc1ccc(CNC(=O)[C@H](COc2cccc(C=C(C#N)C(=O)NC(C)(C)C)c2)NC(=O)[C@@H](NC(=O)c2cc(C)on2)C2CCOCC2)cc1. The van der Waals surface area contributed by atoms with E-state index in [2.05, 4.69) is 26.4 Å². The molecule has 1 saturated heterocycles. The zero-order valence-corrected chi connectivity index (χ0v) is 29.0. The van der Waals surface area contributed by atoms with Crippen molar-refractivity contribution in [3.63, 3.8) is 0 Å². The lowest BCUT2D eigenvalue weighted by atomic mass is 9.90. The molecular formula is C37H44N6O7. The van der Waals surface area contributed by atoms with Gasteiger partial charge in [0.05, 0.1) is 0 Å². The molecule has 13 nitrogen and oxygen atoms in total. The topological polar surface area (TPSA) is 185 Å². The van der Waals surface area contributed by atoms with Gasteiger partial charge in [-0.25, -0.2) is 0 Å². The van der Waals surface area contributed by atoms with Gasteiger partial charge in [-0.2, -0.15) is 5.26 Å². The fraction of sp³-hybridized carbons (Fsp3) is 0.405. The Morgan fingerprint density at radius 2 is 1.74 bits per heavy atom. The minimum Gasteiger partial charge on any atom is -0.491 e. The van der Waals surface area contributed by atoms with Crippen LogP contribution in [-0.2, 0) is 25.7 Å². The first-order valence-corrected chi connectivity index (χ1v) is 16.4. The largest absolute Gasteiger partial charge is 0.491 e. The van der Waals surface area contributed by atoms with Crippen LogP contribution in [0.1, 0.15) is 66.6 Å². The Balaban J connectivity index is 1.54. The number of aryl methyl sites for hydroxylation is 2. The van der Waals surface area contributed by atoms with Gasteiger partial charge in [0.15, 0.2) is 5.69 Å². The molecule has 0 unspecified atom stereocenters. The average molecular weight is 685 g/mol. The number of hydrogen-bond donors (Lipinski definition) is 4. The minimum absolute atomic E-state index is 0.0347. The number of aromatic nitrogens is 1. The molecule has 13 heteroatoms. The highest BCUT2D eigenvalue weighted by Crippen LogP contribution is 2.21. The van der Waals surface area contributed by atoms with E-state index in [9.17, 15) is 24.4 Å². The summed E-state index contributed by atoms with van der Waals surface area (Å²) >= 11 is 0. The molecule has 3 aromatic rings. The maximum atomic E-state index is 13.9. The molecule has 1 aromatic heterocycles. The summed E-state index contributed by atoms with van der Waals surface area (Å²) in [6.45, 7) is 9.88. The van der Waals surface area contributed by atoms with E-state index in [1.807, 2.05) is 58.0 Å². The van der Waals surface area contributed by atoms with Gasteiger partial charge in [0.1, 0.15) is 41.8 Å². The highest BCUT2D eigenvalue weighted by atomic mass is 16.5. The van der Waals surface area contributed by atoms with E-state index < -0.39 is 41.3 Å². The Bertz CT molecular complexity index is 1730. The minimum atomic E-state index is -1.16. The van der Waals surface area contributed by atoms with Crippen LogP contribution in [0, 0.1) is 31.1 Å². The number of nitrogens with zero attached hydrogens (tertiary/aromatic N) is 2. The Labute approximate surface area is 291 Å². The number of carbonyl (C=O) groups is 4. The summed E-state index contributed by atoms with van der Waals surface area (Å²) < 4.78 is 16.5. The molecule has 0 radical (unpaired) electrons. The maximum Gasteiger partial charge on any atom is 0.274 e. The van der Waals surface area contributed by atoms with Crippen LogP contribution in [0.3, 0.4) is 0 Å². The van der Waals surface area contributed by atoms with Gasteiger partial charge in [-0.3, -0.25) is 19.2 Å². The maximum absolute atomic E-state index is 13.9. The van der Waals surface area contributed by atoms with Crippen LogP contribution >= 0.6 is 0 Å². The molecule has 0 saturated carbocycles. The summed E-state index contributed by atoms with van der Waals surface area (Å²) in [5, 5.41) is 24.6. The van der Waals surface area contributed by atoms with Gasteiger partial charge < -0.3 is 35.3 Å². The van der Waals surface area contributed by atoms with Crippen LogP contribution in [0.4, 0.5) is 0 Å². The van der Waals surface area contributed by atoms with Gasteiger partial charge in [-0.05, 0) is 82.7 Å². The zero-order chi connectivity index (χ0) is 36.3. The molecule has 4 amide bonds. The Morgan fingerprint density at radius 3 is 2.38 bits per heavy atom. The predicted octanol–water partition coefficient (Wildman–Crippen LogP) is 3.52. The first-order valence-electron chi connectivity index (χ1n) is 16.4. The Hall–Kier alpha value is -5.48. The highest BCUT2D eigenvalue weighted by molar-refractivity contribution is 6.02. The van der Waals surface area contributed by atoms with Gasteiger partial charge in [0.2, 0.25) is 11.8 Å². The monoisotopic (exact) mass is 684 g/mol. The van der Waals surface area contributed by atoms with Crippen molar-refractivity contribution in [2.24, 2.45) is 5.92 Å². The van der Waals surface area contributed by atoms with Crippen molar-refractivity contribution in [1.29, 1.82) is 5.26 Å². The summed E-state index contributed by atoms with van der Waals surface area (Å²) in [6.07, 6.45) is 2.49. The third-order valence-corrected chi connectivity index (χ3v) is 7.83. The zero-order valence-electron chi connectivity index (χ0n) is 29.0. The summed E-state index contributed by atoms with van der Waals surface area (Å²) in [5.74, 6) is -1.62.